The fourth-order valence-corrected chi connectivity index (χ4v) is 3.21. The monoisotopic (exact) mass is 347 g/mol. The van der Waals surface area contributed by atoms with Crippen LogP contribution in [-0.4, -0.2) is 31.3 Å². The van der Waals surface area contributed by atoms with E-state index in [9.17, 15) is 9.59 Å². The highest BCUT2D eigenvalue weighted by Crippen LogP contribution is 2.33. The number of carbonyl (C=O) groups excluding carboxylic acids is 2. The molecule has 0 saturated heterocycles. The molecule has 0 saturated carbocycles. The van der Waals surface area contributed by atoms with E-state index in [-0.39, 0.29) is 24.3 Å². The summed E-state index contributed by atoms with van der Waals surface area (Å²) in [5.41, 5.74) is 2.62. The van der Waals surface area contributed by atoms with E-state index in [2.05, 4.69) is 15.4 Å². The Kier molecular flexibility index (Phi) is 3.96. The van der Waals surface area contributed by atoms with Crippen molar-refractivity contribution in [3.8, 4) is 0 Å². The van der Waals surface area contributed by atoms with Crippen LogP contribution < -0.4 is 5.32 Å². The Morgan fingerprint density at radius 1 is 1.15 bits per heavy atom. The molecule has 26 heavy (non-hydrogen) atoms. The van der Waals surface area contributed by atoms with E-state index in [4.69, 9.17) is 0 Å². The normalized spacial score (nSPS) is 15.7. The maximum absolute atomic E-state index is 12.7. The first-order valence-electron chi connectivity index (χ1n) is 8.28. The summed E-state index contributed by atoms with van der Waals surface area (Å²) < 4.78 is 1.56. The van der Waals surface area contributed by atoms with Gasteiger partial charge in [0.2, 0.25) is 11.8 Å². The standard InChI is InChI=1S/C19H17N5O2/c1-13(25)23-11-8-14-4-2-3-5-15(14)16(23)12-19(26)22-18-6-9-20-17-7-10-21-24(17)18/h2-11,16H,12H2,1H3,(H,22,26). The van der Waals surface area contributed by atoms with Gasteiger partial charge in [-0.2, -0.15) is 9.61 Å². The average molecular weight is 347 g/mol. The summed E-state index contributed by atoms with van der Waals surface area (Å²) in [5.74, 6) is 0.236. The van der Waals surface area contributed by atoms with Crippen LogP contribution in [-0.2, 0) is 9.59 Å². The Morgan fingerprint density at radius 2 is 2.00 bits per heavy atom. The summed E-state index contributed by atoms with van der Waals surface area (Å²) in [7, 11) is 0. The van der Waals surface area contributed by atoms with Crippen molar-refractivity contribution in [2.75, 3.05) is 5.32 Å². The van der Waals surface area contributed by atoms with Crippen LogP contribution in [0, 0.1) is 0 Å². The molecule has 0 bridgehead atoms. The topological polar surface area (TPSA) is 79.6 Å². The molecule has 4 rings (SSSR count). The summed E-state index contributed by atoms with van der Waals surface area (Å²) >= 11 is 0. The van der Waals surface area contributed by atoms with Crippen molar-refractivity contribution in [3.05, 3.63) is 66.1 Å². The molecule has 3 heterocycles. The molecule has 7 heteroatoms. The molecule has 0 aliphatic carbocycles. The van der Waals surface area contributed by atoms with Crippen molar-refractivity contribution in [2.45, 2.75) is 19.4 Å². The number of rotatable bonds is 3. The first kappa shape index (κ1) is 16.0. The van der Waals surface area contributed by atoms with Crippen molar-refractivity contribution in [1.29, 1.82) is 0 Å². The molecule has 2 amide bonds. The highest BCUT2D eigenvalue weighted by molar-refractivity contribution is 5.91. The van der Waals surface area contributed by atoms with E-state index in [0.29, 0.717) is 11.5 Å². The maximum atomic E-state index is 12.7. The summed E-state index contributed by atoms with van der Waals surface area (Å²) in [6.45, 7) is 1.50. The molecule has 2 aromatic heterocycles. The van der Waals surface area contributed by atoms with Gasteiger partial charge in [-0.3, -0.25) is 9.59 Å². The molecule has 1 aromatic carbocycles. The van der Waals surface area contributed by atoms with Gasteiger partial charge in [-0.05, 0) is 23.3 Å². The van der Waals surface area contributed by atoms with Gasteiger partial charge in [-0.1, -0.05) is 24.3 Å². The Morgan fingerprint density at radius 3 is 2.85 bits per heavy atom. The Bertz CT molecular complexity index is 1020. The number of aromatic nitrogens is 3. The van der Waals surface area contributed by atoms with Gasteiger partial charge in [-0.25, -0.2) is 4.98 Å². The molecule has 1 unspecified atom stereocenters. The van der Waals surface area contributed by atoms with Gasteiger partial charge in [0.1, 0.15) is 5.82 Å². The lowest BCUT2D eigenvalue weighted by Crippen LogP contribution is -2.33. The fraction of sp³-hybridized carbons (Fsp3) is 0.158. The van der Waals surface area contributed by atoms with Crippen LogP contribution in [0.5, 0.6) is 0 Å². The van der Waals surface area contributed by atoms with Crippen LogP contribution in [0.1, 0.15) is 30.5 Å². The molecule has 1 N–H and O–H groups in total. The molecule has 1 aliphatic rings. The molecule has 1 atom stereocenters. The zero-order valence-electron chi connectivity index (χ0n) is 14.2. The van der Waals surface area contributed by atoms with Gasteiger partial charge in [0.15, 0.2) is 5.65 Å². The highest BCUT2D eigenvalue weighted by atomic mass is 16.2. The summed E-state index contributed by atoms with van der Waals surface area (Å²) in [4.78, 5) is 30.5. The lowest BCUT2D eigenvalue weighted by Gasteiger charge is -2.32. The first-order valence-corrected chi connectivity index (χ1v) is 8.28. The minimum atomic E-state index is -0.344. The number of benzene rings is 1. The van der Waals surface area contributed by atoms with Crippen LogP contribution in [0.15, 0.2) is 55.0 Å². The molecule has 7 nitrogen and oxygen atoms in total. The minimum absolute atomic E-state index is 0.105. The lowest BCUT2D eigenvalue weighted by molar-refractivity contribution is -0.129. The smallest absolute Gasteiger partial charge is 0.227 e. The predicted molar refractivity (Wildman–Crippen MR) is 97.0 cm³/mol. The number of fused-ring (bicyclic) bond motifs is 2. The average Bonchev–Trinajstić information content (AvgIpc) is 3.11. The van der Waals surface area contributed by atoms with Crippen LogP contribution in [0.4, 0.5) is 5.82 Å². The zero-order chi connectivity index (χ0) is 18.1. The number of carbonyl (C=O) groups is 2. The molecule has 0 spiro atoms. The van der Waals surface area contributed by atoms with Crippen molar-refractivity contribution in [1.82, 2.24) is 19.5 Å². The van der Waals surface area contributed by atoms with Crippen LogP contribution in [0.3, 0.4) is 0 Å². The first-order chi connectivity index (χ1) is 12.6. The maximum Gasteiger partial charge on any atom is 0.227 e. The van der Waals surface area contributed by atoms with Crippen molar-refractivity contribution in [3.63, 3.8) is 0 Å². The van der Waals surface area contributed by atoms with E-state index in [0.717, 1.165) is 11.1 Å². The second-order valence-corrected chi connectivity index (χ2v) is 6.07. The third-order valence-corrected chi connectivity index (χ3v) is 4.41. The van der Waals surface area contributed by atoms with Crippen molar-refractivity contribution < 1.29 is 9.59 Å². The summed E-state index contributed by atoms with van der Waals surface area (Å²) in [5, 5.41) is 7.03. The third kappa shape index (κ3) is 2.83. The van der Waals surface area contributed by atoms with Crippen LogP contribution in [0.2, 0.25) is 0 Å². The molecule has 0 radical (unpaired) electrons. The summed E-state index contributed by atoms with van der Waals surface area (Å²) in [6.07, 6.45) is 7.01. The van der Waals surface area contributed by atoms with Crippen LogP contribution in [0.25, 0.3) is 11.7 Å². The Labute approximate surface area is 150 Å². The van der Waals surface area contributed by atoms with E-state index in [1.807, 2.05) is 30.3 Å². The van der Waals surface area contributed by atoms with Gasteiger partial charge in [-0.15, -0.1) is 0 Å². The molecule has 1 aliphatic heterocycles. The summed E-state index contributed by atoms with van der Waals surface area (Å²) in [6, 6.07) is 10.9. The number of hydrogen-bond donors (Lipinski definition) is 1. The molecular formula is C19H17N5O2. The SMILES string of the molecule is CC(=O)N1C=Cc2ccccc2C1CC(=O)Nc1ccnc2ccnn12. The van der Waals surface area contributed by atoms with E-state index in [1.54, 1.807) is 40.1 Å². The number of hydrogen-bond acceptors (Lipinski definition) is 4. The van der Waals surface area contributed by atoms with E-state index in [1.165, 1.54) is 6.92 Å². The number of nitrogens with zero attached hydrogens (tertiary/aromatic N) is 4. The number of anilines is 1. The molecular weight excluding hydrogens is 330 g/mol. The van der Waals surface area contributed by atoms with E-state index < -0.39 is 0 Å². The van der Waals surface area contributed by atoms with Crippen molar-refractivity contribution >= 4 is 29.4 Å². The predicted octanol–water partition coefficient (Wildman–Crippen LogP) is 2.63. The molecule has 3 aromatic rings. The largest absolute Gasteiger partial charge is 0.311 e. The second-order valence-electron chi connectivity index (χ2n) is 6.07. The third-order valence-electron chi connectivity index (χ3n) is 4.41. The Balaban J connectivity index is 1.60. The minimum Gasteiger partial charge on any atom is -0.311 e. The van der Waals surface area contributed by atoms with Gasteiger partial charge in [0.05, 0.1) is 18.7 Å². The molecule has 130 valence electrons. The highest BCUT2D eigenvalue weighted by Gasteiger charge is 2.28. The number of amides is 2. The van der Waals surface area contributed by atoms with Gasteiger partial charge in [0, 0.05) is 25.4 Å². The van der Waals surface area contributed by atoms with E-state index >= 15 is 0 Å². The molecule has 0 fully saturated rings. The zero-order valence-corrected chi connectivity index (χ0v) is 14.2. The Hall–Kier alpha value is -3.48. The van der Waals surface area contributed by atoms with Crippen LogP contribution >= 0.6 is 0 Å². The fourth-order valence-electron chi connectivity index (χ4n) is 3.21. The lowest BCUT2D eigenvalue weighted by atomic mass is 9.93. The number of nitrogens with one attached hydrogen (secondary N) is 1. The quantitative estimate of drug-likeness (QED) is 0.790. The second kappa shape index (κ2) is 6.44. The van der Waals surface area contributed by atoms with Gasteiger partial charge in [0.25, 0.3) is 0 Å². The van der Waals surface area contributed by atoms with Gasteiger partial charge < -0.3 is 10.2 Å². The van der Waals surface area contributed by atoms with Gasteiger partial charge >= 0.3 is 0 Å². The van der Waals surface area contributed by atoms with Crippen molar-refractivity contribution in [2.24, 2.45) is 0 Å².